The number of hydrogen-bond donors (Lipinski definition) is 0. The van der Waals surface area contributed by atoms with Crippen LogP contribution in [0.5, 0.6) is 0 Å². The quantitative estimate of drug-likeness (QED) is 0.523. The van der Waals surface area contributed by atoms with Crippen LogP contribution >= 0.6 is 23.4 Å². The lowest BCUT2D eigenvalue weighted by atomic mass is 10.1. The van der Waals surface area contributed by atoms with Crippen LogP contribution in [-0.2, 0) is 5.75 Å². The molecule has 1 rings (SSSR count). The molecule has 0 aliphatic rings. The molecular formula is C13H21ClSSi. The SMILES string of the molecule is Cc1cc(Cl)ccc1CSCC[Si](C)(C)C. The fourth-order valence-electron chi connectivity index (χ4n) is 1.38. The third-order valence-electron chi connectivity index (χ3n) is 2.56. The van der Waals surface area contributed by atoms with Gasteiger partial charge >= 0.3 is 0 Å². The molecule has 0 bridgehead atoms. The first-order valence-electron chi connectivity index (χ1n) is 5.71. The van der Waals surface area contributed by atoms with Gasteiger partial charge in [-0.25, -0.2) is 0 Å². The Labute approximate surface area is 110 Å². The van der Waals surface area contributed by atoms with Crippen molar-refractivity contribution in [2.24, 2.45) is 0 Å². The van der Waals surface area contributed by atoms with Crippen molar-refractivity contribution >= 4 is 31.4 Å². The molecule has 0 aliphatic heterocycles. The Kier molecular flexibility index (Phi) is 5.42. The van der Waals surface area contributed by atoms with E-state index >= 15 is 0 Å². The molecule has 0 aliphatic carbocycles. The Morgan fingerprint density at radius 3 is 2.50 bits per heavy atom. The van der Waals surface area contributed by atoms with Gasteiger partial charge in [-0.2, -0.15) is 11.8 Å². The Morgan fingerprint density at radius 2 is 1.94 bits per heavy atom. The first-order valence-corrected chi connectivity index (χ1v) is 11.0. The normalized spacial score (nSPS) is 11.8. The lowest BCUT2D eigenvalue weighted by Gasteiger charge is -2.15. The number of benzene rings is 1. The van der Waals surface area contributed by atoms with E-state index in [4.69, 9.17) is 11.6 Å². The van der Waals surface area contributed by atoms with Gasteiger partial charge in [0.1, 0.15) is 0 Å². The molecule has 90 valence electrons. The van der Waals surface area contributed by atoms with E-state index in [2.05, 4.69) is 38.7 Å². The maximum absolute atomic E-state index is 5.94. The summed E-state index contributed by atoms with van der Waals surface area (Å²) in [6.07, 6.45) is 0. The van der Waals surface area contributed by atoms with Crippen LogP contribution in [0, 0.1) is 6.92 Å². The lowest BCUT2D eigenvalue weighted by molar-refractivity contribution is 1.29. The number of hydrogen-bond acceptors (Lipinski definition) is 1. The summed E-state index contributed by atoms with van der Waals surface area (Å²) >= 11 is 7.98. The average Bonchev–Trinajstić information content (AvgIpc) is 2.13. The molecule has 0 atom stereocenters. The highest BCUT2D eigenvalue weighted by molar-refractivity contribution is 7.98. The number of rotatable bonds is 5. The monoisotopic (exact) mass is 272 g/mol. The maximum atomic E-state index is 5.94. The highest BCUT2D eigenvalue weighted by Gasteiger charge is 2.11. The van der Waals surface area contributed by atoms with Crippen molar-refractivity contribution in [1.82, 2.24) is 0 Å². The minimum Gasteiger partial charge on any atom is -0.157 e. The van der Waals surface area contributed by atoms with E-state index in [1.165, 1.54) is 22.9 Å². The zero-order valence-corrected chi connectivity index (χ0v) is 13.2. The van der Waals surface area contributed by atoms with E-state index in [1.807, 2.05) is 17.8 Å². The van der Waals surface area contributed by atoms with Crippen LogP contribution in [0.2, 0.25) is 30.7 Å². The topological polar surface area (TPSA) is 0 Å². The van der Waals surface area contributed by atoms with Crippen LogP contribution in [0.4, 0.5) is 0 Å². The molecule has 0 saturated heterocycles. The van der Waals surface area contributed by atoms with Gasteiger partial charge in [-0.15, -0.1) is 0 Å². The fraction of sp³-hybridized carbons (Fsp3) is 0.538. The minimum atomic E-state index is -0.860. The summed E-state index contributed by atoms with van der Waals surface area (Å²) in [5.74, 6) is 2.41. The molecule has 1 aromatic carbocycles. The minimum absolute atomic E-state index is 0.841. The summed E-state index contributed by atoms with van der Waals surface area (Å²) < 4.78 is 0. The van der Waals surface area contributed by atoms with Crippen LogP contribution in [0.25, 0.3) is 0 Å². The number of aryl methyl sites for hydroxylation is 1. The summed E-state index contributed by atoms with van der Waals surface area (Å²) in [5.41, 5.74) is 2.73. The molecule has 0 unspecified atom stereocenters. The Hall–Kier alpha value is 0.0769. The second kappa shape index (κ2) is 6.13. The molecule has 0 heterocycles. The third kappa shape index (κ3) is 5.42. The van der Waals surface area contributed by atoms with Gasteiger partial charge in [0.2, 0.25) is 0 Å². The van der Waals surface area contributed by atoms with Crippen LogP contribution in [0.3, 0.4) is 0 Å². The number of halogens is 1. The van der Waals surface area contributed by atoms with Gasteiger partial charge in [-0.05, 0) is 42.0 Å². The van der Waals surface area contributed by atoms with Gasteiger partial charge in [-0.1, -0.05) is 37.3 Å². The molecule has 0 aromatic heterocycles. The Balaban J connectivity index is 2.38. The summed E-state index contributed by atoms with van der Waals surface area (Å²) in [7, 11) is -0.860. The second-order valence-electron chi connectivity index (χ2n) is 5.43. The molecule has 0 fully saturated rings. The summed E-state index contributed by atoms with van der Waals surface area (Å²) in [4.78, 5) is 0. The van der Waals surface area contributed by atoms with Crippen LogP contribution < -0.4 is 0 Å². The highest BCUT2D eigenvalue weighted by atomic mass is 35.5. The summed E-state index contributed by atoms with van der Waals surface area (Å²) in [6, 6.07) is 7.60. The highest BCUT2D eigenvalue weighted by Crippen LogP contribution is 2.22. The average molecular weight is 273 g/mol. The lowest BCUT2D eigenvalue weighted by Crippen LogP contribution is -2.19. The first kappa shape index (κ1) is 14.1. The van der Waals surface area contributed by atoms with Crippen molar-refractivity contribution in [1.29, 1.82) is 0 Å². The largest absolute Gasteiger partial charge is 0.157 e. The van der Waals surface area contributed by atoms with Crippen molar-refractivity contribution < 1.29 is 0 Å². The van der Waals surface area contributed by atoms with Gasteiger partial charge in [0.05, 0.1) is 0 Å². The van der Waals surface area contributed by atoms with Crippen molar-refractivity contribution in [2.75, 3.05) is 5.75 Å². The smallest absolute Gasteiger partial charge is 0.0450 e. The van der Waals surface area contributed by atoms with Gasteiger partial charge in [-0.3, -0.25) is 0 Å². The molecule has 1 aromatic rings. The second-order valence-corrected chi connectivity index (χ2v) is 12.6. The van der Waals surface area contributed by atoms with E-state index in [0.717, 1.165) is 10.8 Å². The Morgan fingerprint density at radius 1 is 1.25 bits per heavy atom. The predicted octanol–water partition coefficient (Wildman–Crippen LogP) is 5.22. The van der Waals surface area contributed by atoms with Crippen molar-refractivity contribution in [3.8, 4) is 0 Å². The predicted molar refractivity (Wildman–Crippen MR) is 80.5 cm³/mol. The van der Waals surface area contributed by atoms with Crippen LogP contribution in [0.15, 0.2) is 18.2 Å². The number of thioether (sulfide) groups is 1. The first-order chi connectivity index (χ1) is 7.38. The standard InChI is InChI=1S/C13H21ClSSi/c1-11-9-13(14)6-5-12(11)10-15-7-8-16(2,3)4/h5-6,9H,7-8,10H2,1-4H3. The molecule has 16 heavy (non-hydrogen) atoms. The van der Waals surface area contributed by atoms with E-state index < -0.39 is 8.07 Å². The molecule has 0 nitrogen and oxygen atoms in total. The molecule has 0 N–H and O–H groups in total. The van der Waals surface area contributed by atoms with Gasteiger partial charge in [0.15, 0.2) is 0 Å². The third-order valence-corrected chi connectivity index (χ3v) is 5.91. The molecule has 0 saturated carbocycles. The molecular weight excluding hydrogens is 252 g/mol. The molecule has 3 heteroatoms. The van der Waals surface area contributed by atoms with E-state index in [-0.39, 0.29) is 0 Å². The van der Waals surface area contributed by atoms with Crippen molar-refractivity contribution in [2.45, 2.75) is 38.4 Å². The van der Waals surface area contributed by atoms with E-state index in [9.17, 15) is 0 Å². The van der Waals surface area contributed by atoms with Crippen LogP contribution in [-0.4, -0.2) is 13.8 Å². The van der Waals surface area contributed by atoms with Gasteiger partial charge < -0.3 is 0 Å². The van der Waals surface area contributed by atoms with Crippen molar-refractivity contribution in [3.63, 3.8) is 0 Å². The van der Waals surface area contributed by atoms with Crippen molar-refractivity contribution in [3.05, 3.63) is 34.3 Å². The zero-order valence-electron chi connectivity index (χ0n) is 10.6. The zero-order chi connectivity index (χ0) is 12.2. The summed E-state index contributed by atoms with van der Waals surface area (Å²) in [5, 5.41) is 0.841. The summed E-state index contributed by atoms with van der Waals surface area (Å²) in [6.45, 7) is 9.43. The van der Waals surface area contributed by atoms with E-state index in [1.54, 1.807) is 0 Å². The van der Waals surface area contributed by atoms with Crippen LogP contribution in [0.1, 0.15) is 11.1 Å². The maximum Gasteiger partial charge on any atom is 0.0450 e. The fourth-order valence-corrected chi connectivity index (χ4v) is 5.32. The van der Waals surface area contributed by atoms with Gasteiger partial charge in [0, 0.05) is 18.8 Å². The molecule has 0 amide bonds. The molecule has 0 radical (unpaired) electrons. The van der Waals surface area contributed by atoms with E-state index in [0.29, 0.717) is 0 Å². The van der Waals surface area contributed by atoms with Gasteiger partial charge in [0.25, 0.3) is 0 Å². The Bertz CT molecular complexity index is 344. The molecule has 0 spiro atoms.